The number of ether oxygens (including phenoxy) is 2. The smallest absolute Gasteiger partial charge is 0.417 e. The van der Waals surface area contributed by atoms with E-state index >= 15 is 0 Å². The largest absolute Gasteiger partial charge is 0.498 e. The van der Waals surface area contributed by atoms with E-state index in [9.17, 15) is 41.1 Å². The second-order valence-corrected chi connectivity index (χ2v) is 5.55. The Morgan fingerprint density at radius 1 is 0.900 bits per heavy atom. The lowest BCUT2D eigenvalue weighted by atomic mass is 9.97. The number of halogens is 6. The topological polar surface area (TPSA) is 80.0 Å². The van der Waals surface area contributed by atoms with Gasteiger partial charge in [-0.2, -0.15) is 26.3 Å². The minimum absolute atomic E-state index is 0.0628. The molecule has 0 heterocycles. The molecule has 0 unspecified atom stereocenters. The molecule has 158 valence electrons. The van der Waals surface area contributed by atoms with Crippen LogP contribution in [-0.4, -0.2) is 19.0 Å². The van der Waals surface area contributed by atoms with Crippen LogP contribution in [0.2, 0.25) is 0 Å². The van der Waals surface area contributed by atoms with Crippen LogP contribution in [0.3, 0.4) is 0 Å². The fourth-order valence-electron chi connectivity index (χ4n) is 2.32. The zero-order chi connectivity index (χ0) is 22.7. The first-order valence-corrected chi connectivity index (χ1v) is 7.70. The highest BCUT2D eigenvalue weighted by atomic mass is 19.4. The van der Waals surface area contributed by atoms with E-state index in [0.29, 0.717) is 0 Å². The average molecular weight is 433 g/mol. The van der Waals surface area contributed by atoms with Gasteiger partial charge in [0, 0.05) is 5.01 Å². The van der Waals surface area contributed by atoms with E-state index in [1.807, 2.05) is 5.01 Å². The summed E-state index contributed by atoms with van der Waals surface area (Å²) in [6.45, 7) is 0. The van der Waals surface area contributed by atoms with E-state index in [1.165, 1.54) is 12.1 Å². The van der Waals surface area contributed by atoms with Gasteiger partial charge in [0.25, 0.3) is 0 Å². The molecule has 0 radical (unpaired) electrons. The Morgan fingerprint density at radius 3 is 1.80 bits per heavy atom. The maximum Gasteiger partial charge on any atom is 0.417 e. The van der Waals surface area contributed by atoms with Crippen molar-refractivity contribution in [3.05, 3.63) is 74.4 Å². The number of benzene rings is 2. The summed E-state index contributed by atoms with van der Waals surface area (Å²) in [6.07, 6.45) is -10.7. The summed E-state index contributed by atoms with van der Waals surface area (Å²) < 4.78 is 88.5. The van der Waals surface area contributed by atoms with Crippen LogP contribution in [0.25, 0.3) is 5.01 Å². The molecule has 2 aromatic carbocycles. The Hall–Kier alpha value is -3.75. The van der Waals surface area contributed by atoms with E-state index < -0.39 is 46.5 Å². The molecule has 0 aliphatic heterocycles. The van der Waals surface area contributed by atoms with Crippen LogP contribution in [0.1, 0.15) is 37.4 Å². The van der Waals surface area contributed by atoms with E-state index in [1.54, 1.807) is 0 Å². The van der Waals surface area contributed by atoms with Crippen LogP contribution in [0.5, 0.6) is 5.75 Å². The normalized spacial score (nSPS) is 11.3. The molecule has 0 fully saturated rings. The van der Waals surface area contributed by atoms with Crippen molar-refractivity contribution in [1.29, 1.82) is 0 Å². The van der Waals surface area contributed by atoms with Crippen molar-refractivity contribution in [2.24, 2.45) is 0 Å². The monoisotopic (exact) mass is 433 g/mol. The molecule has 0 aromatic heterocycles. The van der Waals surface area contributed by atoms with Crippen molar-refractivity contribution in [3.63, 3.8) is 0 Å². The van der Waals surface area contributed by atoms with Gasteiger partial charge in [-0.1, -0.05) is 0 Å². The number of methoxy groups -OCH3 is 1. The number of carbonyl (C=O) groups is 2. The second kappa shape index (κ2) is 8.32. The fraction of sp³-hybridized carbons (Fsp3) is 0.167. The van der Waals surface area contributed by atoms with Gasteiger partial charge in [-0.05, 0) is 36.4 Å². The maximum absolute atomic E-state index is 13.2. The van der Waals surface area contributed by atoms with Crippen LogP contribution < -0.4 is 4.74 Å². The lowest BCUT2D eigenvalue weighted by molar-refractivity contribution is -0.143. The standard InChI is InChI=1S/C18H9F6NO5/c1-29-15(26)9-2-4-11(5-3-9)30-16(27)10-6-13(17(19,20)21)12(8-25-28)14(7-10)18(22,23)24/h2-7H,1H3. The van der Waals surface area contributed by atoms with Crippen LogP contribution >= 0.6 is 0 Å². The van der Waals surface area contributed by atoms with Gasteiger partial charge in [0.15, 0.2) is 0 Å². The molecule has 0 saturated carbocycles. The van der Waals surface area contributed by atoms with Crippen molar-refractivity contribution >= 4 is 11.9 Å². The number of hydrogen-bond donors (Lipinski definition) is 0. The Balaban J connectivity index is 2.51. The van der Waals surface area contributed by atoms with Crippen molar-refractivity contribution < 1.29 is 45.4 Å². The Morgan fingerprint density at radius 2 is 1.40 bits per heavy atom. The predicted octanol–water partition coefficient (Wildman–Crippen LogP) is 4.91. The molecule has 30 heavy (non-hydrogen) atoms. The molecule has 6 nitrogen and oxygen atoms in total. The van der Waals surface area contributed by atoms with E-state index in [2.05, 4.69) is 4.74 Å². The summed E-state index contributed by atoms with van der Waals surface area (Å²) in [4.78, 5) is 23.5. The summed E-state index contributed by atoms with van der Waals surface area (Å²) in [5.74, 6) is -2.52. The number of carbonyl (C=O) groups excluding carboxylic acids is 2. The van der Waals surface area contributed by atoms with Crippen molar-refractivity contribution in [1.82, 2.24) is 0 Å². The molecule has 0 bridgehead atoms. The number of alkyl halides is 6. The first kappa shape index (κ1) is 22.5. The molecular weight excluding hydrogens is 424 g/mol. The first-order chi connectivity index (χ1) is 13.9. The third kappa shape index (κ3) is 4.99. The number of hydrogen-bond acceptors (Lipinski definition) is 5. The van der Waals surface area contributed by atoms with E-state index in [-0.39, 0.29) is 23.4 Å². The minimum atomic E-state index is -5.36. The highest BCUT2D eigenvalue weighted by Gasteiger charge is 2.43. The van der Waals surface area contributed by atoms with Crippen molar-refractivity contribution in [2.75, 3.05) is 7.11 Å². The average Bonchev–Trinajstić information content (AvgIpc) is 2.66. The number of nitrogens with zero attached hydrogens (tertiary/aromatic N) is 1. The fourth-order valence-corrected chi connectivity index (χ4v) is 2.32. The van der Waals surface area contributed by atoms with Gasteiger partial charge in [0.1, 0.15) is 11.3 Å². The quantitative estimate of drug-likeness (QED) is 0.298. The summed E-state index contributed by atoms with van der Waals surface area (Å²) in [5.41, 5.74) is -6.55. The van der Waals surface area contributed by atoms with Crippen LogP contribution in [0.15, 0.2) is 36.4 Å². The van der Waals surface area contributed by atoms with E-state index in [0.717, 1.165) is 25.3 Å². The molecule has 0 atom stereocenters. The molecule has 0 amide bonds. The Labute approximate surface area is 164 Å². The summed E-state index contributed by atoms with van der Waals surface area (Å²) in [7, 11) is 1.12. The second-order valence-electron chi connectivity index (χ2n) is 5.55. The number of rotatable bonds is 3. The highest BCUT2D eigenvalue weighted by Crippen LogP contribution is 2.40. The molecule has 0 N–H and O–H groups in total. The molecule has 0 spiro atoms. The van der Waals surface area contributed by atoms with Crippen LogP contribution in [0.4, 0.5) is 26.3 Å². The predicted molar refractivity (Wildman–Crippen MR) is 88.9 cm³/mol. The lowest BCUT2D eigenvalue weighted by Gasteiger charge is -2.15. The van der Waals surface area contributed by atoms with Crippen molar-refractivity contribution in [2.45, 2.75) is 12.4 Å². The maximum atomic E-state index is 13.2. The van der Waals surface area contributed by atoms with Crippen LogP contribution in [0, 0.1) is 11.3 Å². The van der Waals surface area contributed by atoms with Gasteiger partial charge in [0.2, 0.25) is 0 Å². The molecule has 0 aliphatic carbocycles. The summed E-state index contributed by atoms with van der Waals surface area (Å²) >= 11 is 0. The molecule has 2 aromatic rings. The van der Waals surface area contributed by atoms with Crippen molar-refractivity contribution in [3.8, 4) is 11.8 Å². The molecule has 2 rings (SSSR count). The third-order valence-electron chi connectivity index (χ3n) is 3.63. The van der Waals surface area contributed by atoms with Gasteiger partial charge < -0.3 is 14.7 Å². The lowest BCUT2D eigenvalue weighted by Crippen LogP contribution is -2.19. The van der Waals surface area contributed by atoms with Gasteiger partial charge in [0.05, 0.1) is 29.4 Å². The molecular formula is C18H9F6NO5. The zero-order valence-corrected chi connectivity index (χ0v) is 14.7. The summed E-state index contributed by atoms with van der Waals surface area (Å²) in [6, 6.07) is 5.82. The third-order valence-corrected chi connectivity index (χ3v) is 3.63. The first-order valence-electron chi connectivity index (χ1n) is 7.70. The minimum Gasteiger partial charge on any atom is -0.498 e. The SMILES string of the molecule is COC(=O)c1ccc(OC(=O)c2cc(C(F)(F)F)c(C#[N+][O-])c(C(F)(F)F)c2)cc1. The summed E-state index contributed by atoms with van der Waals surface area (Å²) in [5, 5.41) is 12.1. The van der Waals surface area contributed by atoms with Crippen LogP contribution in [-0.2, 0) is 17.1 Å². The van der Waals surface area contributed by atoms with Gasteiger partial charge in [-0.25, -0.2) is 9.59 Å². The Kier molecular flexibility index (Phi) is 6.25. The van der Waals surface area contributed by atoms with Gasteiger partial charge in [-0.3, -0.25) is 0 Å². The van der Waals surface area contributed by atoms with Gasteiger partial charge in [-0.15, -0.1) is 0 Å². The molecule has 0 saturated heterocycles. The molecule has 12 heteroatoms. The molecule has 0 aliphatic rings. The zero-order valence-electron chi connectivity index (χ0n) is 14.7. The van der Waals surface area contributed by atoms with E-state index in [4.69, 9.17) is 4.74 Å². The number of esters is 2. The highest BCUT2D eigenvalue weighted by molar-refractivity contribution is 5.92. The Bertz CT molecular complexity index is 997. The van der Waals surface area contributed by atoms with Gasteiger partial charge >= 0.3 is 30.4 Å².